The predicted octanol–water partition coefficient (Wildman–Crippen LogP) is 1.27. The molecule has 1 N–H and O–H groups in total. The largest absolute Gasteiger partial charge is 0.333 e. The molecular weight excluding hydrogens is 254 g/mol. The molecule has 0 spiro atoms. The van der Waals surface area contributed by atoms with E-state index in [1.807, 2.05) is 25.7 Å². The van der Waals surface area contributed by atoms with Gasteiger partial charge in [-0.15, -0.1) is 5.10 Å². The number of nitrogens with zero attached hydrogens (tertiary/aromatic N) is 4. The first kappa shape index (κ1) is 15.0. The number of carbonyl (C=O) groups is 1. The van der Waals surface area contributed by atoms with Gasteiger partial charge in [0.2, 0.25) is 5.82 Å². The number of rotatable bonds is 3. The van der Waals surface area contributed by atoms with Crippen molar-refractivity contribution in [1.29, 1.82) is 0 Å². The highest BCUT2D eigenvalue weighted by atomic mass is 16.2. The van der Waals surface area contributed by atoms with Crippen molar-refractivity contribution in [3.8, 4) is 0 Å². The minimum Gasteiger partial charge on any atom is -0.333 e. The Balaban J connectivity index is 1.97. The van der Waals surface area contributed by atoms with E-state index in [1.54, 1.807) is 0 Å². The fourth-order valence-corrected chi connectivity index (χ4v) is 2.33. The van der Waals surface area contributed by atoms with Gasteiger partial charge < -0.3 is 4.90 Å². The maximum absolute atomic E-state index is 12.4. The van der Waals surface area contributed by atoms with E-state index in [1.165, 1.54) is 0 Å². The van der Waals surface area contributed by atoms with Crippen LogP contribution in [0.3, 0.4) is 0 Å². The fourth-order valence-electron chi connectivity index (χ4n) is 2.33. The molecule has 1 aliphatic rings. The number of nitrogens with one attached hydrogen (secondary N) is 1. The highest BCUT2D eigenvalue weighted by Gasteiger charge is 2.26. The molecule has 6 nitrogen and oxygen atoms in total. The topological polar surface area (TPSA) is 65.1 Å². The molecule has 1 amide bonds. The third kappa shape index (κ3) is 3.36. The molecule has 1 aromatic rings. The predicted molar refractivity (Wildman–Crippen MR) is 77.7 cm³/mol. The van der Waals surface area contributed by atoms with Gasteiger partial charge in [0.05, 0.1) is 0 Å². The van der Waals surface area contributed by atoms with E-state index in [0.717, 1.165) is 45.0 Å². The maximum Gasteiger partial charge on any atom is 0.293 e. The van der Waals surface area contributed by atoms with E-state index in [4.69, 9.17) is 0 Å². The van der Waals surface area contributed by atoms with E-state index in [0.29, 0.717) is 5.82 Å². The summed E-state index contributed by atoms with van der Waals surface area (Å²) in [5.74, 6) is 0.984. The molecule has 1 aliphatic heterocycles. The van der Waals surface area contributed by atoms with Crippen LogP contribution in [0.1, 0.15) is 50.6 Å². The monoisotopic (exact) mass is 279 g/mol. The minimum absolute atomic E-state index is 0.0621. The molecule has 1 fully saturated rings. The van der Waals surface area contributed by atoms with Crippen molar-refractivity contribution in [2.75, 3.05) is 32.7 Å². The highest BCUT2D eigenvalue weighted by Crippen LogP contribution is 2.17. The lowest BCUT2D eigenvalue weighted by Gasteiger charge is -2.33. The van der Waals surface area contributed by atoms with Crippen LogP contribution in [0.2, 0.25) is 0 Å². The summed E-state index contributed by atoms with van der Waals surface area (Å²) >= 11 is 0. The van der Waals surface area contributed by atoms with Crippen LogP contribution in [0.25, 0.3) is 0 Å². The summed E-state index contributed by atoms with van der Waals surface area (Å²) in [5.41, 5.74) is -0.120. The molecule has 0 unspecified atom stereocenters. The Bertz CT molecular complexity index is 454. The molecule has 2 rings (SSSR count). The zero-order valence-corrected chi connectivity index (χ0v) is 12.9. The lowest BCUT2D eigenvalue weighted by atomic mass is 9.96. The zero-order valence-electron chi connectivity index (χ0n) is 12.9. The molecule has 0 saturated carbocycles. The molecule has 0 aliphatic carbocycles. The normalized spacial score (nSPS) is 17.5. The molecule has 112 valence electrons. The molecule has 1 saturated heterocycles. The quantitative estimate of drug-likeness (QED) is 0.905. The van der Waals surface area contributed by atoms with Gasteiger partial charge in [0, 0.05) is 31.6 Å². The van der Waals surface area contributed by atoms with Crippen molar-refractivity contribution in [2.24, 2.45) is 0 Å². The summed E-state index contributed by atoms with van der Waals surface area (Å²) in [4.78, 5) is 20.9. The van der Waals surface area contributed by atoms with Crippen LogP contribution in [0.4, 0.5) is 0 Å². The molecule has 20 heavy (non-hydrogen) atoms. The lowest BCUT2D eigenvalue weighted by Crippen LogP contribution is -2.49. The van der Waals surface area contributed by atoms with Crippen molar-refractivity contribution >= 4 is 5.91 Å². The van der Waals surface area contributed by atoms with Gasteiger partial charge in [0.25, 0.3) is 5.91 Å². The first-order chi connectivity index (χ1) is 9.41. The van der Waals surface area contributed by atoms with Gasteiger partial charge in [-0.05, 0) is 13.0 Å². The maximum atomic E-state index is 12.4. The Kier molecular flexibility index (Phi) is 4.42. The van der Waals surface area contributed by atoms with E-state index in [9.17, 15) is 4.79 Å². The van der Waals surface area contributed by atoms with E-state index in [2.05, 4.69) is 27.0 Å². The number of piperazine rings is 1. The average Bonchev–Trinajstić information content (AvgIpc) is 2.89. The lowest BCUT2D eigenvalue weighted by molar-refractivity contribution is 0.0626. The Labute approximate surface area is 120 Å². The van der Waals surface area contributed by atoms with Crippen LogP contribution in [-0.4, -0.2) is 63.6 Å². The van der Waals surface area contributed by atoms with Gasteiger partial charge in [-0.2, -0.15) is 0 Å². The van der Waals surface area contributed by atoms with Crippen LogP contribution in [0.5, 0.6) is 0 Å². The second-order valence-electron chi connectivity index (χ2n) is 6.39. The molecule has 0 aromatic carbocycles. The molecule has 0 radical (unpaired) electrons. The van der Waals surface area contributed by atoms with Gasteiger partial charge in [-0.25, -0.2) is 4.98 Å². The van der Waals surface area contributed by atoms with E-state index < -0.39 is 0 Å². The molecule has 2 heterocycles. The van der Waals surface area contributed by atoms with Crippen molar-refractivity contribution in [3.05, 3.63) is 11.6 Å². The number of hydrogen-bond donors (Lipinski definition) is 1. The number of carbonyl (C=O) groups excluding carboxylic acids is 1. The molecule has 1 aromatic heterocycles. The van der Waals surface area contributed by atoms with Gasteiger partial charge >= 0.3 is 0 Å². The third-order valence-corrected chi connectivity index (χ3v) is 3.59. The summed E-state index contributed by atoms with van der Waals surface area (Å²) in [6.45, 7) is 12.8. The summed E-state index contributed by atoms with van der Waals surface area (Å²) in [6.07, 6.45) is 1.16. The van der Waals surface area contributed by atoms with Crippen molar-refractivity contribution in [1.82, 2.24) is 25.0 Å². The standard InChI is InChI=1S/C14H25N5O/c1-5-6-18-7-9-19(10-8-18)12(20)11-15-13(17-16-11)14(2,3)4/h5-10H2,1-4H3,(H,15,16,17). The smallest absolute Gasteiger partial charge is 0.293 e. The Morgan fingerprint density at radius 2 is 1.90 bits per heavy atom. The second-order valence-corrected chi connectivity index (χ2v) is 6.39. The summed E-state index contributed by atoms with van der Waals surface area (Å²) in [7, 11) is 0. The first-order valence-electron chi connectivity index (χ1n) is 7.36. The van der Waals surface area contributed by atoms with Gasteiger partial charge in [-0.1, -0.05) is 27.7 Å². The highest BCUT2D eigenvalue weighted by molar-refractivity contribution is 5.90. The SMILES string of the molecule is CCCN1CCN(C(=O)c2n[nH]c(C(C)(C)C)n2)CC1. The van der Waals surface area contributed by atoms with Crippen molar-refractivity contribution < 1.29 is 4.79 Å². The molecule has 6 heteroatoms. The molecule has 0 atom stereocenters. The van der Waals surface area contributed by atoms with Crippen LogP contribution in [-0.2, 0) is 5.41 Å². The Morgan fingerprint density at radius 1 is 1.25 bits per heavy atom. The summed E-state index contributed by atoms with van der Waals surface area (Å²) in [6, 6.07) is 0. The first-order valence-corrected chi connectivity index (χ1v) is 7.36. The molecular formula is C14H25N5O. The van der Waals surface area contributed by atoms with Crippen LogP contribution >= 0.6 is 0 Å². The number of hydrogen-bond acceptors (Lipinski definition) is 4. The van der Waals surface area contributed by atoms with Gasteiger partial charge in [0.15, 0.2) is 0 Å². The Hall–Kier alpha value is -1.43. The van der Waals surface area contributed by atoms with Crippen LogP contribution in [0.15, 0.2) is 0 Å². The summed E-state index contributed by atoms with van der Waals surface area (Å²) in [5, 5.41) is 6.95. The number of aromatic nitrogens is 3. The number of amides is 1. The van der Waals surface area contributed by atoms with Gasteiger partial charge in [0.1, 0.15) is 5.82 Å². The second kappa shape index (κ2) is 5.91. The van der Waals surface area contributed by atoms with Gasteiger partial charge in [-0.3, -0.25) is 14.8 Å². The zero-order chi connectivity index (χ0) is 14.8. The van der Waals surface area contributed by atoms with Crippen molar-refractivity contribution in [2.45, 2.75) is 39.5 Å². The van der Waals surface area contributed by atoms with Crippen LogP contribution in [0, 0.1) is 0 Å². The number of aromatic amines is 1. The summed E-state index contributed by atoms with van der Waals surface area (Å²) < 4.78 is 0. The van der Waals surface area contributed by atoms with E-state index >= 15 is 0 Å². The number of H-pyrrole nitrogens is 1. The molecule has 0 bridgehead atoms. The van der Waals surface area contributed by atoms with E-state index in [-0.39, 0.29) is 11.3 Å². The average molecular weight is 279 g/mol. The van der Waals surface area contributed by atoms with Crippen LogP contribution < -0.4 is 0 Å². The third-order valence-electron chi connectivity index (χ3n) is 3.59. The Morgan fingerprint density at radius 3 is 2.40 bits per heavy atom. The minimum atomic E-state index is -0.120. The fraction of sp³-hybridized carbons (Fsp3) is 0.786. The van der Waals surface area contributed by atoms with Crippen molar-refractivity contribution in [3.63, 3.8) is 0 Å².